The SMILES string of the molecule is CC(C)Nc1nccnc1NCC(=O)O. The summed E-state index contributed by atoms with van der Waals surface area (Å²) < 4.78 is 0. The van der Waals surface area contributed by atoms with Gasteiger partial charge in [0.05, 0.1) is 0 Å². The van der Waals surface area contributed by atoms with Crippen molar-refractivity contribution in [3.8, 4) is 0 Å². The normalized spacial score (nSPS) is 10.1. The molecule has 0 atom stereocenters. The molecule has 15 heavy (non-hydrogen) atoms. The molecule has 0 saturated heterocycles. The summed E-state index contributed by atoms with van der Waals surface area (Å²) in [6.45, 7) is 3.76. The maximum absolute atomic E-state index is 10.4. The number of aliphatic carboxylic acids is 1. The number of carboxylic acids is 1. The van der Waals surface area contributed by atoms with Crippen molar-refractivity contribution in [2.24, 2.45) is 0 Å². The first kappa shape index (κ1) is 11.2. The van der Waals surface area contributed by atoms with Crippen LogP contribution in [0.5, 0.6) is 0 Å². The van der Waals surface area contributed by atoms with Crippen LogP contribution in [0.15, 0.2) is 12.4 Å². The van der Waals surface area contributed by atoms with Gasteiger partial charge in [0.15, 0.2) is 11.6 Å². The Balaban J connectivity index is 2.72. The van der Waals surface area contributed by atoms with Gasteiger partial charge in [0, 0.05) is 18.4 Å². The lowest BCUT2D eigenvalue weighted by Crippen LogP contribution is -2.17. The van der Waals surface area contributed by atoms with Gasteiger partial charge in [-0.25, -0.2) is 9.97 Å². The molecule has 1 aromatic heterocycles. The summed E-state index contributed by atoms with van der Waals surface area (Å²) in [5.41, 5.74) is 0. The van der Waals surface area contributed by atoms with E-state index in [0.717, 1.165) is 0 Å². The maximum Gasteiger partial charge on any atom is 0.322 e. The average molecular weight is 210 g/mol. The van der Waals surface area contributed by atoms with E-state index >= 15 is 0 Å². The predicted octanol–water partition coefficient (Wildman–Crippen LogP) is 0.793. The smallest absolute Gasteiger partial charge is 0.322 e. The van der Waals surface area contributed by atoms with E-state index in [1.165, 1.54) is 6.20 Å². The standard InChI is InChI=1S/C9H14N4O2/c1-6(2)13-9-8(10-3-4-11-9)12-5-7(14)15/h3-4,6H,5H2,1-2H3,(H,10,12)(H,11,13)(H,14,15). The number of nitrogens with zero attached hydrogens (tertiary/aromatic N) is 2. The average Bonchev–Trinajstić information content (AvgIpc) is 2.15. The van der Waals surface area contributed by atoms with Crippen molar-refractivity contribution in [1.29, 1.82) is 0 Å². The molecule has 0 spiro atoms. The second-order valence-electron chi connectivity index (χ2n) is 3.30. The van der Waals surface area contributed by atoms with Gasteiger partial charge in [0.1, 0.15) is 6.54 Å². The minimum absolute atomic E-state index is 0.175. The lowest BCUT2D eigenvalue weighted by Gasteiger charge is -2.12. The van der Waals surface area contributed by atoms with E-state index in [-0.39, 0.29) is 12.6 Å². The summed E-state index contributed by atoms with van der Waals surface area (Å²) in [5.74, 6) is 0.0819. The Kier molecular flexibility index (Phi) is 3.84. The van der Waals surface area contributed by atoms with Gasteiger partial charge < -0.3 is 15.7 Å². The summed E-state index contributed by atoms with van der Waals surface area (Å²) in [6.07, 6.45) is 3.06. The van der Waals surface area contributed by atoms with Gasteiger partial charge in [-0.3, -0.25) is 4.79 Å². The fourth-order valence-electron chi connectivity index (χ4n) is 1.01. The Morgan fingerprint density at radius 2 is 2.00 bits per heavy atom. The second-order valence-corrected chi connectivity index (χ2v) is 3.30. The van der Waals surface area contributed by atoms with E-state index in [1.54, 1.807) is 6.20 Å². The number of aromatic nitrogens is 2. The summed E-state index contributed by atoms with van der Waals surface area (Å²) in [4.78, 5) is 18.4. The summed E-state index contributed by atoms with van der Waals surface area (Å²) in [6, 6.07) is 0.215. The largest absolute Gasteiger partial charge is 0.480 e. The van der Waals surface area contributed by atoms with Crippen molar-refractivity contribution in [3.05, 3.63) is 12.4 Å². The first-order chi connectivity index (χ1) is 7.09. The zero-order valence-corrected chi connectivity index (χ0v) is 8.69. The molecule has 0 saturated carbocycles. The molecule has 0 amide bonds. The molecule has 1 heterocycles. The molecule has 6 heteroatoms. The van der Waals surface area contributed by atoms with E-state index in [9.17, 15) is 4.79 Å². The van der Waals surface area contributed by atoms with Crippen molar-refractivity contribution in [3.63, 3.8) is 0 Å². The van der Waals surface area contributed by atoms with Gasteiger partial charge >= 0.3 is 5.97 Å². The number of hydrogen-bond acceptors (Lipinski definition) is 5. The van der Waals surface area contributed by atoms with E-state index in [1.807, 2.05) is 13.8 Å². The van der Waals surface area contributed by atoms with Gasteiger partial charge in [-0.05, 0) is 13.8 Å². The van der Waals surface area contributed by atoms with E-state index in [2.05, 4.69) is 20.6 Å². The molecule has 0 bridgehead atoms. The summed E-state index contributed by atoms with van der Waals surface area (Å²) in [7, 11) is 0. The fourth-order valence-corrected chi connectivity index (χ4v) is 1.01. The number of nitrogens with one attached hydrogen (secondary N) is 2. The van der Waals surface area contributed by atoms with E-state index < -0.39 is 5.97 Å². The van der Waals surface area contributed by atoms with Crippen LogP contribution < -0.4 is 10.6 Å². The molecule has 0 fully saturated rings. The van der Waals surface area contributed by atoms with Gasteiger partial charge in [-0.15, -0.1) is 0 Å². The number of rotatable bonds is 5. The highest BCUT2D eigenvalue weighted by Crippen LogP contribution is 2.14. The van der Waals surface area contributed by atoms with Crippen LogP contribution >= 0.6 is 0 Å². The zero-order valence-electron chi connectivity index (χ0n) is 8.69. The van der Waals surface area contributed by atoms with E-state index in [4.69, 9.17) is 5.11 Å². The number of anilines is 2. The molecule has 1 aromatic rings. The van der Waals surface area contributed by atoms with Crippen LogP contribution in [0.4, 0.5) is 11.6 Å². The fraction of sp³-hybridized carbons (Fsp3) is 0.444. The molecule has 6 nitrogen and oxygen atoms in total. The Labute approximate surface area is 87.8 Å². The minimum atomic E-state index is -0.934. The highest BCUT2D eigenvalue weighted by molar-refractivity contribution is 5.74. The first-order valence-corrected chi connectivity index (χ1v) is 4.63. The lowest BCUT2D eigenvalue weighted by molar-refractivity contribution is -0.134. The predicted molar refractivity (Wildman–Crippen MR) is 56.9 cm³/mol. The van der Waals surface area contributed by atoms with Gasteiger partial charge in [-0.2, -0.15) is 0 Å². The Hall–Kier alpha value is -1.85. The quantitative estimate of drug-likeness (QED) is 0.666. The molecule has 3 N–H and O–H groups in total. The topological polar surface area (TPSA) is 87.1 Å². The molecule has 0 radical (unpaired) electrons. The van der Waals surface area contributed by atoms with Crippen molar-refractivity contribution in [2.45, 2.75) is 19.9 Å². The Morgan fingerprint density at radius 1 is 1.40 bits per heavy atom. The molecule has 82 valence electrons. The van der Waals surface area contributed by atoms with Gasteiger partial charge in [0.2, 0.25) is 0 Å². The number of carboxylic acid groups (broad SMARTS) is 1. The third-order valence-electron chi connectivity index (χ3n) is 1.53. The van der Waals surface area contributed by atoms with Gasteiger partial charge in [0.25, 0.3) is 0 Å². The third-order valence-corrected chi connectivity index (χ3v) is 1.53. The van der Waals surface area contributed by atoms with Crippen molar-refractivity contribution < 1.29 is 9.90 Å². The number of carbonyl (C=O) groups is 1. The summed E-state index contributed by atoms with van der Waals surface area (Å²) >= 11 is 0. The van der Waals surface area contributed by atoms with Crippen molar-refractivity contribution >= 4 is 17.6 Å². The highest BCUT2D eigenvalue weighted by Gasteiger charge is 2.06. The highest BCUT2D eigenvalue weighted by atomic mass is 16.4. The molecule has 0 aliphatic heterocycles. The van der Waals surface area contributed by atoms with Crippen molar-refractivity contribution in [1.82, 2.24) is 9.97 Å². The molecule has 0 aromatic carbocycles. The van der Waals surface area contributed by atoms with Gasteiger partial charge in [-0.1, -0.05) is 0 Å². The van der Waals surface area contributed by atoms with Crippen LogP contribution in [0.25, 0.3) is 0 Å². The third kappa shape index (κ3) is 3.80. The maximum atomic E-state index is 10.4. The lowest BCUT2D eigenvalue weighted by atomic mass is 10.4. The van der Waals surface area contributed by atoms with Crippen LogP contribution in [0, 0.1) is 0 Å². The zero-order chi connectivity index (χ0) is 11.3. The molecule has 0 unspecified atom stereocenters. The van der Waals surface area contributed by atoms with Crippen LogP contribution in [0.3, 0.4) is 0 Å². The number of hydrogen-bond donors (Lipinski definition) is 3. The molecular weight excluding hydrogens is 196 g/mol. The Bertz CT molecular complexity index is 341. The second kappa shape index (κ2) is 5.14. The summed E-state index contributed by atoms with van der Waals surface area (Å²) in [5, 5.41) is 14.3. The first-order valence-electron chi connectivity index (χ1n) is 4.63. The van der Waals surface area contributed by atoms with Crippen LogP contribution in [0.2, 0.25) is 0 Å². The minimum Gasteiger partial charge on any atom is -0.480 e. The van der Waals surface area contributed by atoms with Crippen LogP contribution in [-0.2, 0) is 4.79 Å². The molecule has 0 aliphatic carbocycles. The molecular formula is C9H14N4O2. The van der Waals surface area contributed by atoms with Crippen LogP contribution in [0.1, 0.15) is 13.8 Å². The molecule has 0 aliphatic rings. The Morgan fingerprint density at radius 3 is 2.53 bits per heavy atom. The monoisotopic (exact) mass is 210 g/mol. The molecule has 1 rings (SSSR count). The van der Waals surface area contributed by atoms with Crippen LogP contribution in [-0.4, -0.2) is 33.6 Å². The van der Waals surface area contributed by atoms with Crippen molar-refractivity contribution in [2.75, 3.05) is 17.2 Å². The van der Waals surface area contributed by atoms with E-state index in [0.29, 0.717) is 11.6 Å².